The fraction of sp³-hybridized carbons (Fsp3) is 0.857. The number of aliphatic hydroxyl groups is 1. The third-order valence-electron chi connectivity index (χ3n) is 1.18. The molecule has 1 N–H and O–H groups in total. The van der Waals surface area contributed by atoms with E-state index < -0.39 is 28.9 Å². The molecule has 0 heterocycles. The molecule has 0 saturated heterocycles. The predicted octanol–water partition coefficient (Wildman–Crippen LogP) is 2.29. The fourth-order valence-electron chi connectivity index (χ4n) is 0.598. The Morgan fingerprint density at radius 1 is 1.50 bits per heavy atom. The Labute approximate surface area is 93.7 Å². The molecule has 0 spiro atoms. The number of carbonyl (C=O) groups excluding carboxylic acids is 1. The zero-order valence-electron chi connectivity index (χ0n) is 7.72. The van der Waals surface area contributed by atoms with E-state index in [1.54, 1.807) is 0 Å². The first-order valence-electron chi connectivity index (χ1n) is 3.75. The van der Waals surface area contributed by atoms with Crippen molar-refractivity contribution in [3.63, 3.8) is 0 Å². The van der Waals surface area contributed by atoms with Crippen LogP contribution < -0.4 is 0 Å². The summed E-state index contributed by atoms with van der Waals surface area (Å²) in [5.41, 5.74) is 0. The molecule has 1 unspecified atom stereocenters. The van der Waals surface area contributed by atoms with E-state index in [2.05, 4.69) is 9.47 Å². The van der Waals surface area contributed by atoms with E-state index in [0.29, 0.717) is 0 Å². The summed E-state index contributed by atoms with van der Waals surface area (Å²) in [5, 5.41) is 9.17. The van der Waals surface area contributed by atoms with E-state index in [0.717, 1.165) is 13.8 Å². The SMILES string of the molecule is CC(F)(F)CCOC(C)(O)OC(=O)I. The summed E-state index contributed by atoms with van der Waals surface area (Å²) in [6.45, 7) is 1.38. The number of carbonyl (C=O) groups is 1. The van der Waals surface area contributed by atoms with Crippen LogP contribution in [-0.2, 0) is 9.47 Å². The van der Waals surface area contributed by atoms with Crippen LogP contribution in [0.4, 0.5) is 13.6 Å². The van der Waals surface area contributed by atoms with Gasteiger partial charge in [-0.1, -0.05) is 0 Å². The van der Waals surface area contributed by atoms with Gasteiger partial charge < -0.3 is 14.6 Å². The highest BCUT2D eigenvalue weighted by molar-refractivity contribution is 14.1. The highest BCUT2D eigenvalue weighted by Crippen LogP contribution is 2.19. The Morgan fingerprint density at radius 2 is 2.00 bits per heavy atom. The van der Waals surface area contributed by atoms with E-state index in [-0.39, 0.29) is 0 Å². The van der Waals surface area contributed by atoms with Crippen LogP contribution in [0.2, 0.25) is 0 Å². The lowest BCUT2D eigenvalue weighted by atomic mass is 10.3. The Balaban J connectivity index is 3.82. The molecule has 0 aromatic rings. The van der Waals surface area contributed by atoms with Gasteiger partial charge in [0.1, 0.15) is 0 Å². The molecule has 0 bridgehead atoms. The first kappa shape index (κ1) is 14.0. The van der Waals surface area contributed by atoms with E-state index in [4.69, 9.17) is 5.11 Å². The molecule has 1 atom stereocenters. The molecule has 0 fully saturated rings. The van der Waals surface area contributed by atoms with E-state index in [1.165, 1.54) is 22.6 Å². The molecule has 14 heavy (non-hydrogen) atoms. The van der Waals surface area contributed by atoms with Crippen molar-refractivity contribution in [2.75, 3.05) is 6.61 Å². The average Bonchev–Trinajstić information content (AvgIpc) is 1.78. The maximum atomic E-state index is 12.3. The maximum absolute atomic E-state index is 12.3. The quantitative estimate of drug-likeness (QED) is 0.479. The standard InChI is InChI=1S/C7H11F2IO4/c1-6(8,9)3-4-13-7(2,12)14-5(10)11/h12H,3-4H2,1-2H3. The van der Waals surface area contributed by atoms with Crippen LogP contribution in [0.5, 0.6) is 0 Å². The molecule has 0 aliphatic rings. The van der Waals surface area contributed by atoms with Gasteiger partial charge in [0.2, 0.25) is 5.92 Å². The van der Waals surface area contributed by atoms with E-state index in [1.807, 2.05) is 0 Å². The highest BCUT2D eigenvalue weighted by Gasteiger charge is 2.28. The molecule has 0 aliphatic carbocycles. The third-order valence-corrected chi connectivity index (χ3v) is 1.40. The lowest BCUT2D eigenvalue weighted by Crippen LogP contribution is -2.34. The van der Waals surface area contributed by atoms with Gasteiger partial charge in [-0.2, -0.15) is 0 Å². The van der Waals surface area contributed by atoms with Gasteiger partial charge in [0.15, 0.2) is 0 Å². The van der Waals surface area contributed by atoms with Crippen LogP contribution in [0.15, 0.2) is 0 Å². The zero-order valence-corrected chi connectivity index (χ0v) is 9.88. The lowest BCUT2D eigenvalue weighted by Gasteiger charge is -2.22. The monoisotopic (exact) mass is 324 g/mol. The van der Waals surface area contributed by atoms with Gasteiger partial charge in [-0.05, 0) is 6.92 Å². The molecule has 0 radical (unpaired) electrons. The maximum Gasteiger partial charge on any atom is 0.371 e. The lowest BCUT2D eigenvalue weighted by molar-refractivity contribution is -0.319. The highest BCUT2D eigenvalue weighted by atomic mass is 127. The fourth-order valence-corrected chi connectivity index (χ4v) is 1.01. The second-order valence-electron chi connectivity index (χ2n) is 2.91. The topological polar surface area (TPSA) is 55.8 Å². The van der Waals surface area contributed by atoms with Gasteiger partial charge in [0, 0.05) is 13.3 Å². The van der Waals surface area contributed by atoms with Gasteiger partial charge in [-0.25, -0.2) is 13.6 Å². The summed E-state index contributed by atoms with van der Waals surface area (Å²) < 4.78 is 32.6. The molecule has 0 aromatic heterocycles. The molecule has 84 valence electrons. The summed E-state index contributed by atoms with van der Waals surface area (Å²) in [6, 6.07) is 0. The zero-order chi connectivity index (χ0) is 11.4. The molecule has 0 aromatic carbocycles. The Kier molecular flexibility index (Phi) is 5.16. The second-order valence-corrected chi connectivity index (χ2v) is 3.79. The van der Waals surface area contributed by atoms with Crippen molar-refractivity contribution >= 4 is 26.6 Å². The Hall–Kier alpha value is -0.0200. The van der Waals surface area contributed by atoms with Crippen LogP contribution in [0.1, 0.15) is 20.3 Å². The smallest absolute Gasteiger partial charge is 0.371 e. The number of ether oxygens (including phenoxy) is 2. The summed E-state index contributed by atoms with van der Waals surface area (Å²) in [5.74, 6) is -5.02. The van der Waals surface area contributed by atoms with Gasteiger partial charge in [-0.3, -0.25) is 0 Å². The molecule has 0 aliphatic heterocycles. The van der Waals surface area contributed by atoms with Crippen LogP contribution in [0.3, 0.4) is 0 Å². The summed E-state index contributed by atoms with van der Waals surface area (Å²) >= 11 is 1.29. The van der Waals surface area contributed by atoms with Crippen LogP contribution in [0, 0.1) is 0 Å². The molecule has 0 amide bonds. The predicted molar refractivity (Wildman–Crippen MR) is 52.3 cm³/mol. The first-order valence-corrected chi connectivity index (χ1v) is 4.83. The first-order chi connectivity index (χ1) is 6.12. The molecular formula is C7H11F2IO4. The van der Waals surface area contributed by atoms with Gasteiger partial charge >= 0.3 is 9.95 Å². The normalized spacial score (nSPS) is 16.1. The summed E-state index contributed by atoms with van der Waals surface area (Å²) in [4.78, 5) is 10.4. The van der Waals surface area contributed by atoms with Crippen molar-refractivity contribution in [3.8, 4) is 0 Å². The number of rotatable bonds is 5. The van der Waals surface area contributed by atoms with Gasteiger partial charge in [-0.15, -0.1) is 0 Å². The largest absolute Gasteiger partial charge is 0.401 e. The van der Waals surface area contributed by atoms with Crippen LogP contribution in [-0.4, -0.2) is 27.6 Å². The molecule has 4 nitrogen and oxygen atoms in total. The summed E-state index contributed by atoms with van der Waals surface area (Å²) in [6.07, 6.45) is -0.554. The van der Waals surface area contributed by atoms with Crippen molar-refractivity contribution in [1.82, 2.24) is 0 Å². The van der Waals surface area contributed by atoms with E-state index in [9.17, 15) is 13.6 Å². The van der Waals surface area contributed by atoms with Crippen LogP contribution >= 0.6 is 22.6 Å². The van der Waals surface area contributed by atoms with Crippen molar-refractivity contribution in [2.45, 2.75) is 32.2 Å². The Bertz CT molecular complexity index is 202. The number of hydrogen-bond acceptors (Lipinski definition) is 4. The van der Waals surface area contributed by atoms with Crippen molar-refractivity contribution in [3.05, 3.63) is 0 Å². The number of alkyl halides is 2. The molecular weight excluding hydrogens is 313 g/mol. The summed E-state index contributed by atoms with van der Waals surface area (Å²) in [7, 11) is 0. The third kappa shape index (κ3) is 8.57. The Morgan fingerprint density at radius 3 is 2.36 bits per heavy atom. The number of halogens is 3. The van der Waals surface area contributed by atoms with Gasteiger partial charge in [0.25, 0.3) is 0 Å². The van der Waals surface area contributed by atoms with Crippen LogP contribution in [0.25, 0.3) is 0 Å². The van der Waals surface area contributed by atoms with Crippen molar-refractivity contribution < 1.29 is 28.2 Å². The second kappa shape index (κ2) is 5.17. The molecule has 0 saturated carbocycles. The minimum atomic E-state index is -2.87. The minimum Gasteiger partial charge on any atom is -0.401 e. The molecule has 0 rings (SSSR count). The van der Waals surface area contributed by atoms with Gasteiger partial charge in [0.05, 0.1) is 29.2 Å². The minimum absolute atomic E-state index is 0.402. The van der Waals surface area contributed by atoms with Crippen molar-refractivity contribution in [2.24, 2.45) is 0 Å². The van der Waals surface area contributed by atoms with Crippen molar-refractivity contribution in [1.29, 1.82) is 0 Å². The number of hydrogen-bond donors (Lipinski definition) is 1. The van der Waals surface area contributed by atoms with E-state index >= 15 is 0 Å². The average molecular weight is 324 g/mol. The molecule has 7 heteroatoms.